The van der Waals surface area contributed by atoms with Crippen molar-refractivity contribution >= 4 is 22.0 Å². The Morgan fingerprint density at radius 3 is 2.48 bits per heavy atom. The number of carbonyl (C=O) groups excluding carboxylic acids is 2. The lowest BCUT2D eigenvalue weighted by Gasteiger charge is -2.29. The summed E-state index contributed by atoms with van der Waals surface area (Å²) < 4.78 is 23.8. The number of imide groups is 1. The minimum atomic E-state index is -3.86. The predicted molar refractivity (Wildman–Crippen MR) is 108 cm³/mol. The molecule has 8 heteroatoms. The molecule has 0 bridgehead atoms. The number of rotatable bonds is 4. The van der Waals surface area contributed by atoms with E-state index in [0.29, 0.717) is 12.8 Å². The summed E-state index contributed by atoms with van der Waals surface area (Å²) in [5.74, 6) is -0.432. The molecule has 1 heterocycles. The van der Waals surface area contributed by atoms with Gasteiger partial charge in [0.1, 0.15) is 5.54 Å². The molecule has 2 aliphatic rings. The van der Waals surface area contributed by atoms with E-state index in [4.69, 9.17) is 5.14 Å². The number of nitrogens with one attached hydrogen (secondary N) is 2. The highest BCUT2D eigenvalue weighted by Gasteiger charge is 2.54. The second-order valence-electron chi connectivity index (χ2n) is 7.90. The third-order valence-electron chi connectivity index (χ3n) is 6.02. The molecule has 2 fully saturated rings. The number of urea groups is 1. The van der Waals surface area contributed by atoms with Crippen LogP contribution in [0, 0.1) is 12.8 Å². The molecule has 3 amide bonds. The van der Waals surface area contributed by atoms with Crippen LogP contribution >= 0.6 is 0 Å². The highest BCUT2D eigenvalue weighted by Crippen LogP contribution is 2.41. The lowest BCUT2D eigenvalue weighted by Crippen LogP contribution is -2.50. The Morgan fingerprint density at radius 2 is 1.86 bits per heavy atom. The van der Waals surface area contributed by atoms with Crippen molar-refractivity contribution in [2.45, 2.75) is 43.0 Å². The summed E-state index contributed by atoms with van der Waals surface area (Å²) in [6.07, 6.45) is 2.61. The fraction of sp³-hybridized carbons (Fsp3) is 0.333. The third-order valence-corrected chi connectivity index (χ3v) is 6.93. The number of amides is 3. The Bertz CT molecular complexity index is 1100. The number of sulfonamides is 1. The van der Waals surface area contributed by atoms with Gasteiger partial charge in [-0.3, -0.25) is 10.1 Å². The maximum absolute atomic E-state index is 12.5. The van der Waals surface area contributed by atoms with E-state index in [0.717, 1.165) is 35.1 Å². The van der Waals surface area contributed by atoms with Crippen LogP contribution in [0.5, 0.6) is 0 Å². The Hall–Kier alpha value is -2.71. The van der Waals surface area contributed by atoms with Crippen molar-refractivity contribution in [2.75, 3.05) is 0 Å². The summed E-state index contributed by atoms with van der Waals surface area (Å²) in [7, 11) is -3.86. The lowest BCUT2D eigenvalue weighted by molar-refractivity contribution is -0.125. The first-order valence-electron chi connectivity index (χ1n) is 9.55. The van der Waals surface area contributed by atoms with Crippen molar-refractivity contribution in [3.05, 3.63) is 53.6 Å². The smallest absolute Gasteiger partial charge is 0.322 e. The van der Waals surface area contributed by atoms with Crippen molar-refractivity contribution in [3.63, 3.8) is 0 Å². The van der Waals surface area contributed by atoms with Crippen molar-refractivity contribution in [1.82, 2.24) is 10.6 Å². The second kappa shape index (κ2) is 6.96. The first-order chi connectivity index (χ1) is 13.7. The zero-order valence-corrected chi connectivity index (χ0v) is 16.9. The van der Waals surface area contributed by atoms with Gasteiger partial charge in [-0.25, -0.2) is 18.4 Å². The molecular formula is C21H23N3O4S. The maximum Gasteiger partial charge on any atom is 0.322 e. The molecule has 0 radical (unpaired) electrons. The van der Waals surface area contributed by atoms with Crippen LogP contribution in [0.15, 0.2) is 47.4 Å². The highest BCUT2D eigenvalue weighted by molar-refractivity contribution is 7.89. The normalized spacial score (nSPS) is 24.0. The Morgan fingerprint density at radius 1 is 1.14 bits per heavy atom. The van der Waals surface area contributed by atoms with Gasteiger partial charge in [-0.1, -0.05) is 42.3 Å². The number of benzene rings is 2. The van der Waals surface area contributed by atoms with E-state index >= 15 is 0 Å². The molecule has 1 aliphatic heterocycles. The standard InChI is InChI=1S/C21H23N3O4S/c1-13-4-6-14(7-5-13)18-9-8-17(29(22,27)28)12-15(18)11-16-3-2-10-21(16)19(25)23-20(26)24-21/h4-9,12,16H,2-3,10-11H2,1H3,(H2,22,27,28)(H2,23,24,25,26). The summed E-state index contributed by atoms with van der Waals surface area (Å²) in [6, 6.07) is 12.3. The first kappa shape index (κ1) is 19.6. The number of hydrogen-bond donors (Lipinski definition) is 3. The van der Waals surface area contributed by atoms with E-state index in [1.807, 2.05) is 31.2 Å². The van der Waals surface area contributed by atoms with Gasteiger partial charge in [0.2, 0.25) is 10.0 Å². The molecule has 152 valence electrons. The van der Waals surface area contributed by atoms with Crippen molar-refractivity contribution < 1.29 is 18.0 Å². The van der Waals surface area contributed by atoms with E-state index in [9.17, 15) is 18.0 Å². The van der Waals surface area contributed by atoms with Gasteiger partial charge in [0.05, 0.1) is 4.90 Å². The summed E-state index contributed by atoms with van der Waals surface area (Å²) in [6.45, 7) is 2.00. The molecule has 1 aliphatic carbocycles. The molecule has 1 spiro atoms. The van der Waals surface area contributed by atoms with Crippen LogP contribution in [-0.2, 0) is 21.2 Å². The average molecular weight is 413 g/mol. The molecule has 2 atom stereocenters. The molecule has 29 heavy (non-hydrogen) atoms. The van der Waals surface area contributed by atoms with E-state index in [1.165, 1.54) is 6.07 Å². The number of hydrogen-bond acceptors (Lipinski definition) is 4. The Labute approximate surface area is 169 Å². The summed E-state index contributed by atoms with van der Waals surface area (Å²) >= 11 is 0. The van der Waals surface area contributed by atoms with Crippen LogP contribution in [0.2, 0.25) is 0 Å². The van der Waals surface area contributed by atoms with Crippen LogP contribution in [0.4, 0.5) is 4.79 Å². The van der Waals surface area contributed by atoms with Gasteiger partial charge in [-0.05, 0) is 60.9 Å². The Kier molecular flexibility index (Phi) is 4.71. The molecule has 2 aromatic carbocycles. The SMILES string of the molecule is Cc1ccc(-c2ccc(S(N)(=O)=O)cc2CC2CCCC23NC(=O)NC3=O)cc1. The van der Waals surface area contributed by atoms with Gasteiger partial charge in [0.25, 0.3) is 5.91 Å². The van der Waals surface area contributed by atoms with Crippen molar-refractivity contribution in [3.8, 4) is 11.1 Å². The molecule has 4 rings (SSSR count). The third kappa shape index (κ3) is 3.54. The molecule has 4 N–H and O–H groups in total. The molecule has 1 saturated carbocycles. The van der Waals surface area contributed by atoms with E-state index in [1.54, 1.807) is 12.1 Å². The fourth-order valence-corrected chi connectivity index (χ4v) is 5.08. The van der Waals surface area contributed by atoms with Gasteiger partial charge in [0, 0.05) is 0 Å². The van der Waals surface area contributed by atoms with Crippen molar-refractivity contribution in [2.24, 2.45) is 11.1 Å². The van der Waals surface area contributed by atoms with E-state index in [-0.39, 0.29) is 16.7 Å². The molecule has 1 saturated heterocycles. The van der Waals surface area contributed by atoms with E-state index in [2.05, 4.69) is 10.6 Å². The second-order valence-corrected chi connectivity index (χ2v) is 9.46. The lowest BCUT2D eigenvalue weighted by atomic mass is 9.81. The minimum absolute atomic E-state index is 0.0373. The van der Waals surface area contributed by atoms with Crippen LogP contribution in [0.3, 0.4) is 0 Å². The molecule has 2 unspecified atom stereocenters. The van der Waals surface area contributed by atoms with E-state index < -0.39 is 21.6 Å². The van der Waals surface area contributed by atoms with Gasteiger partial charge in [-0.15, -0.1) is 0 Å². The number of carbonyl (C=O) groups is 2. The van der Waals surface area contributed by atoms with Crippen LogP contribution in [0.25, 0.3) is 11.1 Å². The quantitative estimate of drug-likeness (QED) is 0.666. The Balaban J connectivity index is 1.77. The van der Waals surface area contributed by atoms with Gasteiger partial charge >= 0.3 is 6.03 Å². The first-order valence-corrected chi connectivity index (χ1v) is 11.1. The zero-order chi connectivity index (χ0) is 20.8. The molecule has 2 aromatic rings. The van der Waals surface area contributed by atoms with Gasteiger partial charge in [0.15, 0.2) is 0 Å². The molecule has 0 aromatic heterocycles. The van der Waals surface area contributed by atoms with Gasteiger partial charge < -0.3 is 5.32 Å². The summed E-state index contributed by atoms with van der Waals surface area (Å²) in [4.78, 5) is 24.3. The van der Waals surface area contributed by atoms with Crippen LogP contribution < -0.4 is 15.8 Å². The van der Waals surface area contributed by atoms with Gasteiger partial charge in [-0.2, -0.15) is 0 Å². The highest BCUT2D eigenvalue weighted by atomic mass is 32.2. The minimum Gasteiger partial charge on any atom is -0.323 e. The fourth-order valence-electron chi connectivity index (χ4n) is 4.52. The van der Waals surface area contributed by atoms with Crippen LogP contribution in [0.1, 0.15) is 30.4 Å². The number of nitrogens with two attached hydrogens (primary N) is 1. The molecular weight excluding hydrogens is 390 g/mol. The van der Waals surface area contributed by atoms with Crippen LogP contribution in [-0.4, -0.2) is 25.9 Å². The largest absolute Gasteiger partial charge is 0.323 e. The molecule has 7 nitrogen and oxygen atoms in total. The summed E-state index contributed by atoms with van der Waals surface area (Å²) in [5.41, 5.74) is 2.83. The van der Waals surface area contributed by atoms with Crippen molar-refractivity contribution in [1.29, 1.82) is 0 Å². The monoisotopic (exact) mass is 413 g/mol. The number of aryl methyl sites for hydroxylation is 1. The number of primary sulfonamides is 1. The zero-order valence-electron chi connectivity index (χ0n) is 16.1. The average Bonchev–Trinajstić information content (AvgIpc) is 3.18. The summed E-state index contributed by atoms with van der Waals surface area (Å²) in [5, 5.41) is 10.5. The topological polar surface area (TPSA) is 118 Å². The maximum atomic E-state index is 12.5. The predicted octanol–water partition coefficient (Wildman–Crippen LogP) is 2.23.